The second-order valence-corrected chi connectivity index (χ2v) is 8.10. The number of nitrogens with zero attached hydrogens (tertiary/aromatic N) is 1. The van der Waals surface area contributed by atoms with Crippen molar-refractivity contribution < 1.29 is 22.4 Å². The molecule has 0 radical (unpaired) electrons. The highest BCUT2D eigenvalue weighted by Crippen LogP contribution is 2.34. The zero-order valence-corrected chi connectivity index (χ0v) is 17.1. The van der Waals surface area contributed by atoms with E-state index in [-0.39, 0.29) is 17.2 Å². The fraction of sp³-hybridized carbons (Fsp3) is 0.143. The number of carbonyl (C=O) groups excluding carboxylic acids is 1. The Bertz CT molecular complexity index is 1210. The van der Waals surface area contributed by atoms with E-state index in [1.54, 1.807) is 19.1 Å². The number of aromatic nitrogens is 1. The summed E-state index contributed by atoms with van der Waals surface area (Å²) in [7, 11) is 0. The van der Waals surface area contributed by atoms with Gasteiger partial charge in [0.15, 0.2) is 10.9 Å². The summed E-state index contributed by atoms with van der Waals surface area (Å²) < 4.78 is 44.5. The molecule has 4 aromatic rings. The molecule has 4 rings (SSSR count). The Morgan fingerprint density at radius 2 is 1.97 bits per heavy atom. The van der Waals surface area contributed by atoms with E-state index < -0.39 is 17.6 Å². The van der Waals surface area contributed by atoms with Crippen molar-refractivity contribution in [2.24, 2.45) is 0 Å². The minimum Gasteiger partial charge on any atom is -0.451 e. The first kappa shape index (κ1) is 20.4. The summed E-state index contributed by atoms with van der Waals surface area (Å²) in [6, 6.07) is 12.1. The van der Waals surface area contributed by atoms with E-state index in [9.17, 15) is 18.0 Å². The van der Waals surface area contributed by atoms with Crippen molar-refractivity contribution in [1.29, 1.82) is 0 Å². The summed E-state index contributed by atoms with van der Waals surface area (Å²) in [5.41, 5.74) is 0.780. The molecular weight excluding hydrogens is 437 g/mol. The molecule has 0 unspecified atom stereocenters. The smallest absolute Gasteiger partial charge is 0.416 e. The number of furan rings is 1. The molecule has 154 valence electrons. The van der Waals surface area contributed by atoms with E-state index in [4.69, 9.17) is 16.0 Å². The first-order valence-electron chi connectivity index (χ1n) is 8.82. The molecular formula is C21H14ClF3N2O2S. The van der Waals surface area contributed by atoms with Crippen molar-refractivity contribution >= 4 is 44.9 Å². The highest BCUT2D eigenvalue weighted by Gasteiger charge is 2.31. The summed E-state index contributed by atoms with van der Waals surface area (Å²) in [5.74, 6) is -0.310. The average Bonchev–Trinajstić information content (AvgIpc) is 3.26. The third-order valence-electron chi connectivity index (χ3n) is 4.49. The lowest BCUT2D eigenvalue weighted by molar-refractivity contribution is -0.137. The number of carbonyl (C=O) groups is 1. The van der Waals surface area contributed by atoms with Crippen LogP contribution < -0.4 is 5.32 Å². The van der Waals surface area contributed by atoms with Gasteiger partial charge in [0.1, 0.15) is 5.58 Å². The number of para-hydroxylation sites is 1. The van der Waals surface area contributed by atoms with E-state index in [0.717, 1.165) is 17.5 Å². The van der Waals surface area contributed by atoms with Crippen LogP contribution in [-0.2, 0) is 12.6 Å². The molecule has 0 spiro atoms. The predicted molar refractivity (Wildman–Crippen MR) is 110 cm³/mol. The van der Waals surface area contributed by atoms with Crippen LogP contribution in [0.3, 0.4) is 0 Å². The van der Waals surface area contributed by atoms with Crippen LogP contribution in [-0.4, -0.2) is 10.9 Å². The molecule has 0 aliphatic carbocycles. The Hall–Kier alpha value is -2.84. The zero-order valence-electron chi connectivity index (χ0n) is 15.5. The molecule has 0 fully saturated rings. The van der Waals surface area contributed by atoms with Crippen molar-refractivity contribution in [3.63, 3.8) is 0 Å². The standard InChI is InChI=1S/C21H14ClF3N2O2S/c1-11-18(10-13-8-14(21(23,24)25)6-7-15(13)22)30-20(26-11)27-19(28)17-9-12-4-2-3-5-16(12)29-17/h2-9H,10H2,1H3,(H,26,27,28). The lowest BCUT2D eigenvalue weighted by Gasteiger charge is -2.10. The summed E-state index contributed by atoms with van der Waals surface area (Å²) in [6.07, 6.45) is -4.28. The number of fused-ring (bicyclic) bond motifs is 1. The van der Waals surface area contributed by atoms with E-state index in [0.29, 0.717) is 26.8 Å². The van der Waals surface area contributed by atoms with Crippen LogP contribution in [0.4, 0.5) is 18.3 Å². The van der Waals surface area contributed by atoms with Crippen molar-refractivity contribution in [1.82, 2.24) is 4.98 Å². The highest BCUT2D eigenvalue weighted by molar-refractivity contribution is 7.15. The van der Waals surface area contributed by atoms with E-state index in [1.165, 1.54) is 17.4 Å². The molecule has 0 bridgehead atoms. The molecule has 2 heterocycles. The van der Waals surface area contributed by atoms with Gasteiger partial charge >= 0.3 is 6.18 Å². The maximum Gasteiger partial charge on any atom is 0.416 e. The molecule has 30 heavy (non-hydrogen) atoms. The van der Waals surface area contributed by atoms with Crippen LogP contribution in [0.1, 0.15) is 32.3 Å². The fourth-order valence-electron chi connectivity index (χ4n) is 2.96. The van der Waals surface area contributed by atoms with Crippen LogP contribution in [0.25, 0.3) is 11.0 Å². The molecule has 9 heteroatoms. The van der Waals surface area contributed by atoms with Gasteiger partial charge in [0, 0.05) is 21.7 Å². The highest BCUT2D eigenvalue weighted by atomic mass is 35.5. The normalized spacial score (nSPS) is 11.8. The monoisotopic (exact) mass is 450 g/mol. The predicted octanol–water partition coefficient (Wildman–Crippen LogP) is 6.71. The van der Waals surface area contributed by atoms with Crippen LogP contribution >= 0.6 is 22.9 Å². The van der Waals surface area contributed by atoms with E-state index in [1.807, 2.05) is 18.2 Å². The quantitative estimate of drug-likeness (QED) is 0.376. The van der Waals surface area contributed by atoms with Gasteiger partial charge in [-0.2, -0.15) is 13.2 Å². The number of rotatable bonds is 4. The third kappa shape index (κ3) is 4.20. The Kier molecular flexibility index (Phi) is 5.29. The average molecular weight is 451 g/mol. The molecule has 2 aromatic carbocycles. The maximum atomic E-state index is 13.0. The Morgan fingerprint density at radius 3 is 2.70 bits per heavy atom. The largest absolute Gasteiger partial charge is 0.451 e. The zero-order chi connectivity index (χ0) is 21.5. The van der Waals surface area contributed by atoms with E-state index in [2.05, 4.69) is 10.3 Å². The molecule has 0 aliphatic rings. The number of aryl methyl sites for hydroxylation is 1. The topological polar surface area (TPSA) is 55.1 Å². The van der Waals surface area contributed by atoms with Gasteiger partial charge in [-0.15, -0.1) is 11.3 Å². The van der Waals surface area contributed by atoms with Gasteiger partial charge in [0.05, 0.1) is 11.3 Å². The number of nitrogens with one attached hydrogen (secondary N) is 1. The SMILES string of the molecule is Cc1nc(NC(=O)c2cc3ccccc3o2)sc1Cc1cc(C(F)(F)F)ccc1Cl. The first-order chi connectivity index (χ1) is 14.2. The van der Waals surface area contributed by atoms with Crippen LogP contribution in [0.15, 0.2) is 52.9 Å². The minimum absolute atomic E-state index is 0.145. The number of amides is 1. The second-order valence-electron chi connectivity index (χ2n) is 6.61. The number of alkyl halides is 3. The number of thiazole rings is 1. The second kappa shape index (κ2) is 7.77. The van der Waals surface area contributed by atoms with Crippen molar-refractivity contribution in [3.05, 3.63) is 81.0 Å². The summed E-state index contributed by atoms with van der Waals surface area (Å²) in [5, 5.41) is 4.05. The summed E-state index contributed by atoms with van der Waals surface area (Å²) in [6.45, 7) is 1.73. The van der Waals surface area contributed by atoms with Gasteiger partial charge in [-0.3, -0.25) is 10.1 Å². The molecule has 2 aromatic heterocycles. The van der Waals surface area contributed by atoms with Gasteiger partial charge in [-0.1, -0.05) is 29.8 Å². The summed E-state index contributed by atoms with van der Waals surface area (Å²) in [4.78, 5) is 17.5. The molecule has 0 saturated carbocycles. The Morgan fingerprint density at radius 1 is 1.20 bits per heavy atom. The maximum absolute atomic E-state index is 13.0. The van der Waals surface area contributed by atoms with Crippen LogP contribution in [0.5, 0.6) is 0 Å². The first-order valence-corrected chi connectivity index (χ1v) is 10.0. The summed E-state index contributed by atoms with van der Waals surface area (Å²) >= 11 is 7.27. The van der Waals surface area contributed by atoms with Crippen molar-refractivity contribution in [2.45, 2.75) is 19.5 Å². The van der Waals surface area contributed by atoms with Gasteiger partial charge in [0.2, 0.25) is 0 Å². The Labute approximate surface area is 178 Å². The van der Waals surface area contributed by atoms with E-state index >= 15 is 0 Å². The molecule has 4 nitrogen and oxygen atoms in total. The van der Waals surface area contributed by atoms with Crippen LogP contribution in [0.2, 0.25) is 5.02 Å². The fourth-order valence-corrected chi connectivity index (χ4v) is 4.12. The number of anilines is 1. The lowest BCUT2D eigenvalue weighted by atomic mass is 10.1. The number of halogens is 4. The third-order valence-corrected chi connectivity index (χ3v) is 5.93. The lowest BCUT2D eigenvalue weighted by Crippen LogP contribution is -2.10. The van der Waals surface area contributed by atoms with Gasteiger partial charge in [-0.25, -0.2) is 4.98 Å². The van der Waals surface area contributed by atoms with Crippen molar-refractivity contribution in [2.75, 3.05) is 5.32 Å². The molecule has 0 aliphatic heterocycles. The molecule has 0 saturated heterocycles. The number of benzene rings is 2. The van der Waals surface area contributed by atoms with Gasteiger partial charge in [-0.05, 0) is 42.8 Å². The molecule has 1 amide bonds. The molecule has 0 atom stereocenters. The van der Waals surface area contributed by atoms with Crippen molar-refractivity contribution in [3.8, 4) is 0 Å². The number of hydrogen-bond acceptors (Lipinski definition) is 4. The molecule has 1 N–H and O–H groups in total. The van der Waals surface area contributed by atoms with Gasteiger partial charge in [0.25, 0.3) is 5.91 Å². The Balaban J connectivity index is 1.54. The van der Waals surface area contributed by atoms with Crippen LogP contribution in [0, 0.1) is 6.92 Å². The van der Waals surface area contributed by atoms with Gasteiger partial charge < -0.3 is 4.42 Å². The minimum atomic E-state index is -4.45. The number of hydrogen-bond donors (Lipinski definition) is 1.